The molecule has 0 aliphatic carbocycles. The van der Waals surface area contributed by atoms with Crippen molar-refractivity contribution in [3.8, 4) is 0 Å². The van der Waals surface area contributed by atoms with Gasteiger partial charge in [0, 0.05) is 26.4 Å². The van der Waals surface area contributed by atoms with Crippen molar-refractivity contribution < 1.29 is 13.3 Å². The summed E-state index contributed by atoms with van der Waals surface area (Å²) in [5.41, 5.74) is 0. The fraction of sp³-hybridized carbons (Fsp3) is 1.00. The minimum atomic E-state index is -2.36. The molecule has 0 amide bonds. The molecule has 17 heavy (non-hydrogen) atoms. The van der Waals surface area contributed by atoms with Crippen LogP contribution in [-0.2, 0) is 13.3 Å². The van der Waals surface area contributed by atoms with E-state index in [-0.39, 0.29) is 0 Å². The summed E-state index contributed by atoms with van der Waals surface area (Å²) in [5.74, 6) is 0. The van der Waals surface area contributed by atoms with Gasteiger partial charge in [0.2, 0.25) is 0 Å². The summed E-state index contributed by atoms with van der Waals surface area (Å²) in [7, 11) is -0.629. The van der Waals surface area contributed by atoms with Gasteiger partial charge in [0.25, 0.3) is 0 Å². The summed E-state index contributed by atoms with van der Waals surface area (Å²) in [6.07, 6.45) is 6.75. The van der Waals surface area contributed by atoms with E-state index in [1.807, 2.05) is 0 Å². The molecule has 0 spiro atoms. The summed E-state index contributed by atoms with van der Waals surface area (Å²) in [5, 5.41) is 0. The molecule has 0 unspecified atom stereocenters. The predicted molar refractivity (Wildman–Crippen MR) is 74.2 cm³/mol. The molecule has 0 aromatic carbocycles. The van der Waals surface area contributed by atoms with E-state index in [0.29, 0.717) is 0 Å². The van der Waals surface area contributed by atoms with E-state index in [1.165, 1.54) is 0 Å². The third kappa shape index (κ3) is 7.92. The zero-order valence-corrected chi connectivity index (χ0v) is 13.1. The molecule has 0 radical (unpaired) electrons. The summed E-state index contributed by atoms with van der Waals surface area (Å²) in [4.78, 5) is 0. The topological polar surface area (TPSA) is 27.7 Å². The fourth-order valence-corrected chi connectivity index (χ4v) is 4.05. The van der Waals surface area contributed by atoms with Crippen LogP contribution in [0.15, 0.2) is 0 Å². The highest BCUT2D eigenvalue weighted by atomic mass is 28.4. The Labute approximate surface area is 108 Å². The zero-order valence-electron chi connectivity index (χ0n) is 12.1. The Morgan fingerprint density at radius 2 is 1.24 bits per heavy atom. The van der Waals surface area contributed by atoms with E-state index in [1.54, 1.807) is 7.11 Å². The largest absolute Gasteiger partial charge is 0.500 e. The van der Waals surface area contributed by atoms with Gasteiger partial charge in [0.1, 0.15) is 0 Å². The van der Waals surface area contributed by atoms with Crippen LogP contribution in [0.4, 0.5) is 0 Å². The Kier molecular flexibility index (Phi) is 11.3. The maximum atomic E-state index is 5.96. The lowest BCUT2D eigenvalue weighted by atomic mass is 10.4. The Hall–Kier alpha value is 0.0969. The first kappa shape index (κ1) is 17.1. The molecule has 0 aliphatic heterocycles. The molecule has 4 heteroatoms. The molecule has 0 fully saturated rings. The molecule has 0 heterocycles. The molecule has 0 aliphatic rings. The smallest absolute Gasteiger partial charge is 0.377 e. The lowest BCUT2D eigenvalue weighted by Gasteiger charge is -2.28. The lowest BCUT2D eigenvalue weighted by Crippen LogP contribution is -2.45. The van der Waals surface area contributed by atoms with Gasteiger partial charge in [-0.1, -0.05) is 40.0 Å². The third-order valence-electron chi connectivity index (χ3n) is 2.79. The van der Waals surface area contributed by atoms with E-state index < -0.39 is 8.80 Å². The van der Waals surface area contributed by atoms with Crippen molar-refractivity contribution >= 4 is 8.80 Å². The van der Waals surface area contributed by atoms with Crippen molar-refractivity contribution in [1.82, 2.24) is 0 Å². The molecule has 0 saturated heterocycles. The van der Waals surface area contributed by atoms with Gasteiger partial charge in [-0.15, -0.1) is 0 Å². The average Bonchev–Trinajstić information content (AvgIpc) is 2.36. The number of hydrogen-bond acceptors (Lipinski definition) is 3. The Morgan fingerprint density at radius 1 is 0.765 bits per heavy atom. The van der Waals surface area contributed by atoms with Crippen LogP contribution >= 0.6 is 0 Å². The highest BCUT2D eigenvalue weighted by Gasteiger charge is 2.39. The van der Waals surface area contributed by atoms with Crippen LogP contribution in [0.1, 0.15) is 59.3 Å². The minimum Gasteiger partial charge on any atom is -0.377 e. The van der Waals surface area contributed by atoms with E-state index in [4.69, 9.17) is 13.3 Å². The number of rotatable bonds is 12. The van der Waals surface area contributed by atoms with Gasteiger partial charge < -0.3 is 13.3 Å². The molecule has 0 aromatic heterocycles. The Bertz CT molecular complexity index is 155. The van der Waals surface area contributed by atoms with Crippen molar-refractivity contribution in [3.63, 3.8) is 0 Å². The molecule has 3 nitrogen and oxygen atoms in total. The van der Waals surface area contributed by atoms with Crippen LogP contribution < -0.4 is 0 Å². The van der Waals surface area contributed by atoms with Crippen LogP contribution in [0.5, 0.6) is 0 Å². The van der Waals surface area contributed by atoms with E-state index >= 15 is 0 Å². The Morgan fingerprint density at radius 3 is 1.59 bits per heavy atom. The predicted octanol–water partition coefficient (Wildman–Crippen LogP) is 4.01. The second kappa shape index (κ2) is 11.2. The first-order chi connectivity index (χ1) is 8.24. The second-order valence-electron chi connectivity index (χ2n) is 4.39. The molecule has 0 N–H and O–H groups in total. The Balaban J connectivity index is 4.17. The lowest BCUT2D eigenvalue weighted by molar-refractivity contribution is 0.0745. The van der Waals surface area contributed by atoms with Crippen molar-refractivity contribution in [2.75, 3.05) is 20.3 Å². The van der Waals surface area contributed by atoms with Gasteiger partial charge in [-0.2, -0.15) is 0 Å². The summed E-state index contributed by atoms with van der Waals surface area (Å²) >= 11 is 0. The first-order valence-corrected chi connectivity index (χ1v) is 9.00. The van der Waals surface area contributed by atoms with Crippen molar-refractivity contribution in [3.05, 3.63) is 0 Å². The molecule has 0 aromatic rings. The number of hydrogen-bond donors (Lipinski definition) is 0. The monoisotopic (exact) mass is 262 g/mol. The molecular formula is C13H30O3Si. The quantitative estimate of drug-likeness (QED) is 0.393. The van der Waals surface area contributed by atoms with Crippen molar-refractivity contribution in [1.29, 1.82) is 0 Å². The average molecular weight is 262 g/mol. The van der Waals surface area contributed by atoms with Crippen LogP contribution in [0.2, 0.25) is 6.04 Å². The van der Waals surface area contributed by atoms with Gasteiger partial charge in [-0.25, -0.2) is 0 Å². The molecular weight excluding hydrogens is 232 g/mol. The molecule has 0 saturated carbocycles. The van der Waals surface area contributed by atoms with Crippen LogP contribution in [0, 0.1) is 0 Å². The van der Waals surface area contributed by atoms with Crippen molar-refractivity contribution in [2.24, 2.45) is 0 Å². The van der Waals surface area contributed by atoms with Gasteiger partial charge in [-0.3, -0.25) is 0 Å². The van der Waals surface area contributed by atoms with Crippen LogP contribution in [0.25, 0.3) is 0 Å². The van der Waals surface area contributed by atoms with Gasteiger partial charge >= 0.3 is 8.80 Å². The standard InChI is InChI=1S/C13H30O3Si/c1-5-8-11-15-17(14-4,13-10-7-3)16-12-9-6-2/h5-13H2,1-4H3. The van der Waals surface area contributed by atoms with Gasteiger partial charge in [-0.05, 0) is 19.3 Å². The maximum Gasteiger partial charge on any atom is 0.500 e. The summed E-state index contributed by atoms with van der Waals surface area (Å²) in [6.45, 7) is 8.07. The maximum absolute atomic E-state index is 5.96. The highest BCUT2D eigenvalue weighted by molar-refractivity contribution is 6.60. The summed E-state index contributed by atoms with van der Waals surface area (Å²) < 4.78 is 17.6. The van der Waals surface area contributed by atoms with E-state index in [2.05, 4.69) is 20.8 Å². The second-order valence-corrected chi connectivity index (χ2v) is 7.25. The third-order valence-corrected chi connectivity index (χ3v) is 5.66. The van der Waals surface area contributed by atoms with Crippen molar-refractivity contribution in [2.45, 2.75) is 65.3 Å². The molecule has 0 rings (SSSR count). The first-order valence-electron chi connectivity index (χ1n) is 7.07. The molecule has 104 valence electrons. The zero-order chi connectivity index (χ0) is 13.0. The SMILES string of the molecule is CCCCO[Si](CCCC)(OC)OCCCC. The fourth-order valence-electron chi connectivity index (χ4n) is 1.54. The van der Waals surface area contributed by atoms with Gasteiger partial charge in [0.15, 0.2) is 0 Å². The highest BCUT2D eigenvalue weighted by Crippen LogP contribution is 2.19. The van der Waals surface area contributed by atoms with Crippen LogP contribution in [0.3, 0.4) is 0 Å². The van der Waals surface area contributed by atoms with Gasteiger partial charge in [0.05, 0.1) is 0 Å². The van der Waals surface area contributed by atoms with E-state index in [9.17, 15) is 0 Å². The molecule has 0 bridgehead atoms. The van der Waals surface area contributed by atoms with Crippen LogP contribution in [-0.4, -0.2) is 29.1 Å². The molecule has 0 atom stereocenters. The minimum absolute atomic E-state index is 0.770. The van der Waals surface area contributed by atoms with E-state index in [0.717, 1.165) is 57.8 Å². The normalized spacial score (nSPS) is 12.0. The summed E-state index contributed by atoms with van der Waals surface area (Å²) in [6, 6.07) is 0.952. The number of unbranched alkanes of at least 4 members (excludes halogenated alkanes) is 3.